The van der Waals surface area contributed by atoms with Crippen molar-refractivity contribution in [3.8, 4) is 0 Å². The molecule has 3 N–H and O–H groups in total. The number of amides is 1. The summed E-state index contributed by atoms with van der Waals surface area (Å²) >= 11 is 0. The normalized spacial score (nSPS) is 21.9. The SMILES string of the molecule is CC(C)CC(CCO)CNC(=O)C1CCCCN1. The van der Waals surface area contributed by atoms with Crippen molar-refractivity contribution in [3.05, 3.63) is 0 Å². The number of hydrogen-bond donors (Lipinski definition) is 3. The number of rotatable bonds is 7. The summed E-state index contributed by atoms with van der Waals surface area (Å²) < 4.78 is 0. The lowest BCUT2D eigenvalue weighted by molar-refractivity contribution is -0.123. The predicted octanol–water partition coefficient (Wildman–Crippen LogP) is 1.29. The Labute approximate surface area is 111 Å². The zero-order valence-corrected chi connectivity index (χ0v) is 11.7. The summed E-state index contributed by atoms with van der Waals surface area (Å²) in [6.45, 7) is 6.19. The Morgan fingerprint density at radius 2 is 2.22 bits per heavy atom. The molecule has 0 aliphatic carbocycles. The summed E-state index contributed by atoms with van der Waals surface area (Å²) in [7, 11) is 0. The Bertz CT molecular complexity index is 238. The molecule has 1 saturated heterocycles. The minimum atomic E-state index is -0.00687. The second kappa shape index (κ2) is 8.48. The summed E-state index contributed by atoms with van der Waals surface area (Å²) in [5.41, 5.74) is 0. The molecule has 4 nitrogen and oxygen atoms in total. The first-order valence-electron chi connectivity index (χ1n) is 7.25. The maximum absolute atomic E-state index is 12.0. The van der Waals surface area contributed by atoms with E-state index in [0.717, 1.165) is 32.2 Å². The van der Waals surface area contributed by atoms with Crippen LogP contribution in [0.15, 0.2) is 0 Å². The monoisotopic (exact) mass is 256 g/mol. The molecule has 18 heavy (non-hydrogen) atoms. The molecule has 0 aromatic heterocycles. The number of carbonyl (C=O) groups is 1. The van der Waals surface area contributed by atoms with E-state index in [0.29, 0.717) is 18.4 Å². The third-order valence-corrected chi connectivity index (χ3v) is 3.53. The van der Waals surface area contributed by atoms with Crippen LogP contribution >= 0.6 is 0 Å². The van der Waals surface area contributed by atoms with Crippen molar-refractivity contribution in [3.63, 3.8) is 0 Å². The van der Waals surface area contributed by atoms with Gasteiger partial charge in [-0.1, -0.05) is 20.3 Å². The summed E-state index contributed by atoms with van der Waals surface area (Å²) in [5.74, 6) is 1.12. The molecule has 0 bridgehead atoms. The van der Waals surface area contributed by atoms with Crippen molar-refractivity contribution in [2.75, 3.05) is 19.7 Å². The highest BCUT2D eigenvalue weighted by Gasteiger charge is 2.21. The van der Waals surface area contributed by atoms with Gasteiger partial charge in [-0.15, -0.1) is 0 Å². The van der Waals surface area contributed by atoms with Gasteiger partial charge in [-0.2, -0.15) is 0 Å². The van der Waals surface area contributed by atoms with Crippen LogP contribution in [-0.2, 0) is 4.79 Å². The number of piperidine rings is 1. The first-order chi connectivity index (χ1) is 8.63. The lowest BCUT2D eigenvalue weighted by Gasteiger charge is -2.24. The van der Waals surface area contributed by atoms with Gasteiger partial charge in [0.05, 0.1) is 6.04 Å². The van der Waals surface area contributed by atoms with Crippen LogP contribution in [0.2, 0.25) is 0 Å². The van der Waals surface area contributed by atoms with Gasteiger partial charge >= 0.3 is 0 Å². The van der Waals surface area contributed by atoms with Crippen molar-refractivity contribution < 1.29 is 9.90 Å². The molecule has 1 rings (SSSR count). The zero-order chi connectivity index (χ0) is 13.4. The number of aliphatic hydroxyl groups is 1. The van der Waals surface area contributed by atoms with E-state index in [1.165, 1.54) is 6.42 Å². The molecule has 1 aliphatic rings. The van der Waals surface area contributed by atoms with Crippen molar-refractivity contribution in [1.29, 1.82) is 0 Å². The molecule has 0 aromatic carbocycles. The van der Waals surface area contributed by atoms with Crippen LogP contribution in [0, 0.1) is 11.8 Å². The number of nitrogens with one attached hydrogen (secondary N) is 2. The number of hydrogen-bond acceptors (Lipinski definition) is 3. The van der Waals surface area contributed by atoms with Crippen molar-refractivity contribution in [1.82, 2.24) is 10.6 Å². The smallest absolute Gasteiger partial charge is 0.237 e. The van der Waals surface area contributed by atoms with Gasteiger partial charge in [0.15, 0.2) is 0 Å². The van der Waals surface area contributed by atoms with Crippen LogP contribution in [0.4, 0.5) is 0 Å². The number of aliphatic hydroxyl groups excluding tert-OH is 1. The lowest BCUT2D eigenvalue weighted by Crippen LogP contribution is -2.47. The minimum absolute atomic E-state index is 0.00687. The lowest BCUT2D eigenvalue weighted by atomic mass is 9.94. The fraction of sp³-hybridized carbons (Fsp3) is 0.929. The first-order valence-corrected chi connectivity index (χ1v) is 7.25. The molecule has 1 aliphatic heterocycles. The minimum Gasteiger partial charge on any atom is -0.396 e. The molecule has 2 unspecified atom stereocenters. The molecule has 2 atom stereocenters. The highest BCUT2D eigenvalue weighted by atomic mass is 16.3. The molecule has 1 amide bonds. The fourth-order valence-corrected chi connectivity index (χ4v) is 2.60. The number of carbonyl (C=O) groups excluding carboxylic acids is 1. The van der Waals surface area contributed by atoms with E-state index in [-0.39, 0.29) is 18.6 Å². The Morgan fingerprint density at radius 1 is 1.44 bits per heavy atom. The van der Waals surface area contributed by atoms with E-state index in [1.54, 1.807) is 0 Å². The fourth-order valence-electron chi connectivity index (χ4n) is 2.60. The summed E-state index contributed by atoms with van der Waals surface area (Å²) in [6.07, 6.45) is 5.08. The molecule has 0 spiro atoms. The van der Waals surface area contributed by atoms with Crippen LogP contribution in [0.5, 0.6) is 0 Å². The summed E-state index contributed by atoms with van der Waals surface area (Å²) in [6, 6.07) is -0.00687. The molecule has 106 valence electrons. The Kier molecular flexibility index (Phi) is 7.28. The van der Waals surface area contributed by atoms with Crippen LogP contribution in [-0.4, -0.2) is 36.8 Å². The second-order valence-corrected chi connectivity index (χ2v) is 5.76. The molecule has 0 saturated carbocycles. The van der Waals surface area contributed by atoms with Crippen LogP contribution in [0.3, 0.4) is 0 Å². The van der Waals surface area contributed by atoms with E-state index in [2.05, 4.69) is 24.5 Å². The van der Waals surface area contributed by atoms with Crippen LogP contribution in [0.1, 0.15) is 46.0 Å². The quantitative estimate of drug-likeness (QED) is 0.643. The van der Waals surface area contributed by atoms with E-state index in [4.69, 9.17) is 5.11 Å². The van der Waals surface area contributed by atoms with Crippen LogP contribution in [0.25, 0.3) is 0 Å². The summed E-state index contributed by atoms with van der Waals surface area (Å²) in [5, 5.41) is 15.3. The van der Waals surface area contributed by atoms with Gasteiger partial charge in [0.25, 0.3) is 0 Å². The van der Waals surface area contributed by atoms with E-state index < -0.39 is 0 Å². The Balaban J connectivity index is 2.28. The van der Waals surface area contributed by atoms with Gasteiger partial charge in [0.1, 0.15) is 0 Å². The Morgan fingerprint density at radius 3 is 2.78 bits per heavy atom. The topological polar surface area (TPSA) is 61.4 Å². The van der Waals surface area contributed by atoms with Gasteiger partial charge in [-0.05, 0) is 44.1 Å². The third kappa shape index (κ3) is 5.83. The van der Waals surface area contributed by atoms with Crippen molar-refractivity contribution in [2.24, 2.45) is 11.8 Å². The van der Waals surface area contributed by atoms with E-state index in [1.807, 2.05) is 0 Å². The third-order valence-electron chi connectivity index (χ3n) is 3.53. The Hall–Kier alpha value is -0.610. The molecule has 1 heterocycles. The van der Waals surface area contributed by atoms with Crippen molar-refractivity contribution >= 4 is 5.91 Å². The largest absolute Gasteiger partial charge is 0.396 e. The molecule has 4 heteroatoms. The highest BCUT2D eigenvalue weighted by Crippen LogP contribution is 2.14. The van der Waals surface area contributed by atoms with E-state index >= 15 is 0 Å². The molecular weight excluding hydrogens is 228 g/mol. The van der Waals surface area contributed by atoms with Gasteiger partial charge in [0.2, 0.25) is 5.91 Å². The maximum atomic E-state index is 12.0. The average molecular weight is 256 g/mol. The van der Waals surface area contributed by atoms with Crippen molar-refractivity contribution in [2.45, 2.75) is 52.0 Å². The molecule has 1 fully saturated rings. The zero-order valence-electron chi connectivity index (χ0n) is 11.7. The maximum Gasteiger partial charge on any atom is 0.237 e. The van der Waals surface area contributed by atoms with Gasteiger partial charge in [-0.3, -0.25) is 4.79 Å². The molecule has 0 aromatic rings. The van der Waals surface area contributed by atoms with Gasteiger partial charge < -0.3 is 15.7 Å². The molecule has 0 radical (unpaired) electrons. The first kappa shape index (κ1) is 15.4. The van der Waals surface area contributed by atoms with Gasteiger partial charge in [0, 0.05) is 13.2 Å². The van der Waals surface area contributed by atoms with Crippen LogP contribution < -0.4 is 10.6 Å². The van der Waals surface area contributed by atoms with E-state index in [9.17, 15) is 4.79 Å². The predicted molar refractivity (Wildman–Crippen MR) is 73.3 cm³/mol. The molecular formula is C14H28N2O2. The highest BCUT2D eigenvalue weighted by molar-refractivity contribution is 5.81. The average Bonchev–Trinajstić information content (AvgIpc) is 2.36. The summed E-state index contributed by atoms with van der Waals surface area (Å²) in [4.78, 5) is 12.0. The standard InChI is InChI=1S/C14H28N2O2/c1-11(2)9-12(6-8-17)10-16-14(18)13-5-3-4-7-15-13/h11-13,15,17H,3-10H2,1-2H3,(H,16,18). The second-order valence-electron chi connectivity index (χ2n) is 5.76. The van der Waals surface area contributed by atoms with Gasteiger partial charge in [-0.25, -0.2) is 0 Å².